The summed E-state index contributed by atoms with van der Waals surface area (Å²) in [5, 5.41) is 17.8. The van der Waals surface area contributed by atoms with Crippen LogP contribution in [0.1, 0.15) is 12.0 Å². The number of nitrogens with zero attached hydrogens (tertiary/aromatic N) is 5. The van der Waals surface area contributed by atoms with Gasteiger partial charge < -0.3 is 19.9 Å². The molecule has 1 saturated heterocycles. The van der Waals surface area contributed by atoms with Crippen molar-refractivity contribution in [2.45, 2.75) is 6.42 Å². The Hall–Kier alpha value is -3.16. The van der Waals surface area contributed by atoms with E-state index in [0.717, 1.165) is 5.82 Å². The van der Waals surface area contributed by atoms with Gasteiger partial charge in [0.25, 0.3) is 5.56 Å². The Morgan fingerprint density at radius 2 is 2.07 bits per heavy atom. The molecule has 3 rings (SSSR count). The molecule has 1 aliphatic heterocycles. The number of rotatable bonds is 8. The average Bonchev–Trinajstić information content (AvgIpc) is 2.79. The number of piperazine rings is 1. The molecule has 0 saturated carbocycles. The highest BCUT2D eigenvalue weighted by Crippen LogP contribution is 2.15. The Kier molecular flexibility index (Phi) is 7.59. The fraction of sp³-hybridized carbons (Fsp3) is 0.421. The number of anilines is 2. The van der Waals surface area contributed by atoms with Crippen LogP contribution in [0.25, 0.3) is 0 Å². The number of halogens is 1. The van der Waals surface area contributed by atoms with E-state index < -0.39 is 5.56 Å². The van der Waals surface area contributed by atoms with Crippen LogP contribution in [0.15, 0.2) is 29.3 Å². The maximum Gasteiger partial charge on any atom is 0.285 e. The summed E-state index contributed by atoms with van der Waals surface area (Å²) in [6.45, 7) is 3.76. The van der Waals surface area contributed by atoms with Gasteiger partial charge in [0.05, 0.1) is 37.1 Å². The Bertz CT molecular complexity index is 950. The van der Waals surface area contributed by atoms with Gasteiger partial charge in [0, 0.05) is 38.9 Å². The first kappa shape index (κ1) is 21.5. The van der Waals surface area contributed by atoms with Gasteiger partial charge in [0.2, 0.25) is 5.91 Å². The molecule has 3 heterocycles. The Morgan fingerprint density at radius 1 is 1.27 bits per heavy atom. The summed E-state index contributed by atoms with van der Waals surface area (Å²) in [5.74, 6) is 0.866. The first-order valence-electron chi connectivity index (χ1n) is 9.52. The predicted molar refractivity (Wildman–Crippen MR) is 112 cm³/mol. The molecule has 1 aliphatic rings. The minimum atomic E-state index is -0.455. The van der Waals surface area contributed by atoms with E-state index in [9.17, 15) is 9.59 Å². The van der Waals surface area contributed by atoms with Crippen molar-refractivity contribution >= 4 is 29.0 Å². The van der Waals surface area contributed by atoms with E-state index >= 15 is 0 Å². The van der Waals surface area contributed by atoms with E-state index in [0.29, 0.717) is 63.6 Å². The normalized spacial score (nSPS) is 13.7. The number of carbonyl (C=O) groups excluding carboxylic acids is 1. The third kappa shape index (κ3) is 5.68. The molecule has 10 nitrogen and oxygen atoms in total. The molecule has 2 aromatic rings. The third-order valence-electron chi connectivity index (χ3n) is 4.65. The van der Waals surface area contributed by atoms with Crippen LogP contribution in [-0.2, 0) is 9.53 Å². The first-order chi connectivity index (χ1) is 14.6. The third-order valence-corrected chi connectivity index (χ3v) is 5.03. The molecular formula is C19H22ClN7O3. The highest BCUT2D eigenvalue weighted by atomic mass is 35.5. The van der Waals surface area contributed by atoms with Crippen LogP contribution in [-0.4, -0.2) is 71.9 Å². The lowest BCUT2D eigenvalue weighted by Gasteiger charge is -2.35. The molecule has 1 fully saturated rings. The van der Waals surface area contributed by atoms with Gasteiger partial charge in [-0.15, -0.1) is 0 Å². The number of nitrogens with one attached hydrogen (secondary N) is 2. The molecule has 2 N–H and O–H groups in total. The number of pyridine rings is 1. The van der Waals surface area contributed by atoms with Gasteiger partial charge in [0.15, 0.2) is 0 Å². The topological polar surface area (TPSA) is 127 Å². The number of hydrogen-bond acceptors (Lipinski definition) is 8. The Balaban J connectivity index is 1.31. The summed E-state index contributed by atoms with van der Waals surface area (Å²) in [6.07, 6.45) is 3.29. The van der Waals surface area contributed by atoms with Gasteiger partial charge in [-0.3, -0.25) is 9.59 Å². The quantitative estimate of drug-likeness (QED) is 0.589. The highest BCUT2D eigenvalue weighted by Gasteiger charge is 2.21. The minimum Gasteiger partial charge on any atom is -0.380 e. The molecule has 11 heteroatoms. The summed E-state index contributed by atoms with van der Waals surface area (Å²) >= 11 is 5.87. The summed E-state index contributed by atoms with van der Waals surface area (Å²) in [5.41, 5.74) is 0.512. The zero-order valence-electron chi connectivity index (χ0n) is 16.3. The number of hydrogen-bond donors (Lipinski definition) is 2. The lowest BCUT2D eigenvalue weighted by Crippen LogP contribution is -2.49. The van der Waals surface area contributed by atoms with Crippen molar-refractivity contribution in [1.82, 2.24) is 20.1 Å². The number of carbonyl (C=O) groups is 1. The van der Waals surface area contributed by atoms with Gasteiger partial charge in [0.1, 0.15) is 16.9 Å². The first-order valence-corrected chi connectivity index (χ1v) is 9.90. The molecule has 0 spiro atoms. The van der Waals surface area contributed by atoms with Crippen molar-refractivity contribution in [1.29, 1.82) is 5.26 Å². The molecule has 0 atom stereocenters. The minimum absolute atomic E-state index is 0.0514. The number of amides is 1. The molecule has 30 heavy (non-hydrogen) atoms. The van der Waals surface area contributed by atoms with Crippen molar-refractivity contribution in [3.8, 4) is 6.07 Å². The molecule has 2 aromatic heterocycles. The largest absolute Gasteiger partial charge is 0.380 e. The van der Waals surface area contributed by atoms with Crippen LogP contribution in [0, 0.1) is 11.3 Å². The van der Waals surface area contributed by atoms with Crippen molar-refractivity contribution in [2.24, 2.45) is 0 Å². The van der Waals surface area contributed by atoms with Crippen molar-refractivity contribution in [2.75, 3.05) is 56.2 Å². The van der Waals surface area contributed by atoms with Gasteiger partial charge in [-0.05, 0) is 12.1 Å². The molecule has 0 aromatic carbocycles. The number of aromatic nitrogens is 3. The summed E-state index contributed by atoms with van der Waals surface area (Å²) < 4.78 is 5.49. The Morgan fingerprint density at radius 3 is 2.77 bits per heavy atom. The van der Waals surface area contributed by atoms with E-state index in [1.165, 1.54) is 6.20 Å². The molecule has 0 aliphatic carbocycles. The standard InChI is InChI=1S/C19H22ClN7O3/c20-18-15(13-24-25-19(18)29)22-4-10-30-9-3-17(28)27-7-5-26(6-8-27)16-2-1-14(11-21)12-23-16/h1-2,12-13H,3-10H2,(H2,22,25,29). The predicted octanol–water partition coefficient (Wildman–Crippen LogP) is 0.857. The van der Waals surface area contributed by atoms with E-state index in [-0.39, 0.29) is 10.9 Å². The molecule has 1 amide bonds. The molecule has 0 radical (unpaired) electrons. The summed E-state index contributed by atoms with van der Waals surface area (Å²) in [4.78, 5) is 31.9. The molecule has 0 unspecified atom stereocenters. The second-order valence-electron chi connectivity index (χ2n) is 6.60. The fourth-order valence-corrected chi connectivity index (χ4v) is 3.17. The van der Waals surface area contributed by atoms with E-state index in [2.05, 4.69) is 31.5 Å². The number of aromatic amines is 1. The second-order valence-corrected chi connectivity index (χ2v) is 6.98. The van der Waals surface area contributed by atoms with Crippen LogP contribution >= 0.6 is 11.6 Å². The van der Waals surface area contributed by atoms with Crippen LogP contribution in [0.4, 0.5) is 11.5 Å². The monoisotopic (exact) mass is 431 g/mol. The number of H-pyrrole nitrogens is 1. The zero-order valence-corrected chi connectivity index (χ0v) is 17.1. The maximum absolute atomic E-state index is 12.4. The SMILES string of the molecule is N#Cc1ccc(N2CCN(C(=O)CCOCCNc3cn[nH]c(=O)c3Cl)CC2)nc1. The van der Waals surface area contributed by atoms with Gasteiger partial charge in [-0.1, -0.05) is 11.6 Å². The van der Waals surface area contributed by atoms with Gasteiger partial charge in [-0.25, -0.2) is 10.1 Å². The van der Waals surface area contributed by atoms with Gasteiger partial charge >= 0.3 is 0 Å². The summed E-state index contributed by atoms with van der Waals surface area (Å²) in [6, 6.07) is 5.62. The lowest BCUT2D eigenvalue weighted by molar-refractivity contribution is -0.132. The average molecular weight is 432 g/mol. The van der Waals surface area contributed by atoms with E-state index in [4.69, 9.17) is 21.6 Å². The van der Waals surface area contributed by atoms with Crippen molar-refractivity contribution < 1.29 is 9.53 Å². The van der Waals surface area contributed by atoms with Crippen LogP contribution < -0.4 is 15.8 Å². The highest BCUT2D eigenvalue weighted by molar-refractivity contribution is 6.32. The number of nitriles is 1. The number of ether oxygens (including phenoxy) is 1. The smallest absolute Gasteiger partial charge is 0.285 e. The van der Waals surface area contributed by atoms with E-state index in [1.54, 1.807) is 12.3 Å². The van der Waals surface area contributed by atoms with Crippen molar-refractivity contribution in [3.05, 3.63) is 45.5 Å². The lowest BCUT2D eigenvalue weighted by atomic mass is 10.2. The summed E-state index contributed by atoms with van der Waals surface area (Å²) in [7, 11) is 0. The molecule has 0 bridgehead atoms. The van der Waals surface area contributed by atoms with Crippen LogP contribution in [0.3, 0.4) is 0 Å². The fourth-order valence-electron chi connectivity index (χ4n) is 3.01. The zero-order chi connectivity index (χ0) is 21.3. The maximum atomic E-state index is 12.4. The molecular weight excluding hydrogens is 410 g/mol. The van der Waals surface area contributed by atoms with Crippen molar-refractivity contribution in [3.63, 3.8) is 0 Å². The molecule has 158 valence electrons. The Labute approximate surface area is 178 Å². The second kappa shape index (κ2) is 10.6. The van der Waals surface area contributed by atoms with Crippen LogP contribution in [0.5, 0.6) is 0 Å². The van der Waals surface area contributed by atoms with E-state index in [1.807, 2.05) is 11.0 Å². The van der Waals surface area contributed by atoms with Gasteiger partial charge in [-0.2, -0.15) is 10.4 Å². The van der Waals surface area contributed by atoms with Crippen LogP contribution in [0.2, 0.25) is 5.02 Å².